The average molecular weight is 396 g/mol. The minimum absolute atomic E-state index is 0.134. The van der Waals surface area contributed by atoms with E-state index in [0.29, 0.717) is 23.7 Å². The summed E-state index contributed by atoms with van der Waals surface area (Å²) in [5.41, 5.74) is 6.25. The number of carbonyl (C=O) groups excluding carboxylic acids is 2. The molecule has 128 valence electrons. The van der Waals surface area contributed by atoms with E-state index >= 15 is 0 Å². The van der Waals surface area contributed by atoms with Gasteiger partial charge in [-0.1, -0.05) is 0 Å². The number of amides is 2. The van der Waals surface area contributed by atoms with Crippen LogP contribution in [0.15, 0.2) is 28.9 Å². The monoisotopic (exact) mass is 395 g/mol. The van der Waals surface area contributed by atoms with E-state index in [9.17, 15) is 9.59 Å². The summed E-state index contributed by atoms with van der Waals surface area (Å²) in [6, 6.07) is 4.64. The van der Waals surface area contributed by atoms with Crippen LogP contribution >= 0.6 is 15.9 Å². The summed E-state index contributed by atoms with van der Waals surface area (Å²) in [4.78, 5) is 24.3. The van der Waals surface area contributed by atoms with Crippen molar-refractivity contribution in [1.82, 2.24) is 4.57 Å². The first kappa shape index (κ1) is 17.9. The Bertz CT molecular complexity index is 786. The zero-order chi connectivity index (χ0) is 17.9. The molecule has 0 aliphatic heterocycles. The van der Waals surface area contributed by atoms with Crippen LogP contribution in [0, 0.1) is 0 Å². The van der Waals surface area contributed by atoms with Crippen LogP contribution in [-0.2, 0) is 6.54 Å². The molecule has 1 aromatic heterocycles. The first-order valence-electron chi connectivity index (χ1n) is 7.14. The highest BCUT2D eigenvalue weighted by Gasteiger charge is 2.19. The molecular formula is C16H18BrN3O4. The molecule has 1 heterocycles. The van der Waals surface area contributed by atoms with Crippen molar-refractivity contribution >= 4 is 33.4 Å². The normalized spacial score (nSPS) is 10.3. The van der Waals surface area contributed by atoms with Gasteiger partial charge in [0.25, 0.3) is 11.8 Å². The molecule has 0 aliphatic carbocycles. The smallest absolute Gasteiger partial charge is 0.272 e. The van der Waals surface area contributed by atoms with Crippen LogP contribution in [0.25, 0.3) is 0 Å². The highest BCUT2D eigenvalue weighted by molar-refractivity contribution is 9.10. The van der Waals surface area contributed by atoms with Crippen molar-refractivity contribution in [3.05, 3.63) is 40.1 Å². The Morgan fingerprint density at radius 1 is 1.21 bits per heavy atom. The number of aromatic nitrogens is 1. The minimum Gasteiger partial charge on any atom is -0.493 e. The molecule has 0 saturated heterocycles. The number of halogens is 1. The van der Waals surface area contributed by atoms with E-state index in [4.69, 9.17) is 15.2 Å². The lowest BCUT2D eigenvalue weighted by molar-refractivity contribution is 0.100. The summed E-state index contributed by atoms with van der Waals surface area (Å²) >= 11 is 3.35. The fourth-order valence-electron chi connectivity index (χ4n) is 2.30. The van der Waals surface area contributed by atoms with Gasteiger partial charge < -0.3 is 25.1 Å². The van der Waals surface area contributed by atoms with E-state index in [2.05, 4.69) is 21.2 Å². The van der Waals surface area contributed by atoms with Gasteiger partial charge in [-0.3, -0.25) is 9.59 Å². The quantitative estimate of drug-likeness (QED) is 0.785. The van der Waals surface area contributed by atoms with Crippen molar-refractivity contribution in [3.63, 3.8) is 0 Å². The standard InChI is InChI=1S/C16H18BrN3O4/c1-4-20-8-9(17)5-12(20)16(22)19-11-7-14(24-3)13(23-2)6-10(11)15(18)21/h5-8H,4H2,1-3H3,(H2,18,21)(H,19,22). The van der Waals surface area contributed by atoms with Crippen molar-refractivity contribution in [3.8, 4) is 11.5 Å². The zero-order valence-corrected chi connectivity index (χ0v) is 15.1. The third-order valence-electron chi connectivity index (χ3n) is 3.47. The van der Waals surface area contributed by atoms with Crippen molar-refractivity contribution in [2.24, 2.45) is 5.73 Å². The Hall–Kier alpha value is -2.48. The minimum atomic E-state index is -0.682. The molecule has 0 atom stereocenters. The van der Waals surface area contributed by atoms with Crippen LogP contribution in [0.1, 0.15) is 27.8 Å². The summed E-state index contributed by atoms with van der Waals surface area (Å²) in [7, 11) is 2.92. The first-order chi connectivity index (χ1) is 11.4. The first-order valence-corrected chi connectivity index (χ1v) is 7.93. The number of primary amides is 1. The van der Waals surface area contributed by atoms with Gasteiger partial charge in [0.05, 0.1) is 25.5 Å². The highest BCUT2D eigenvalue weighted by Crippen LogP contribution is 2.33. The van der Waals surface area contributed by atoms with Gasteiger partial charge >= 0.3 is 0 Å². The summed E-state index contributed by atoms with van der Waals surface area (Å²) in [6.45, 7) is 2.55. The molecule has 8 heteroatoms. The number of ether oxygens (including phenoxy) is 2. The van der Waals surface area contributed by atoms with Gasteiger partial charge in [-0.25, -0.2) is 0 Å². The Balaban J connectivity index is 2.44. The largest absolute Gasteiger partial charge is 0.493 e. The van der Waals surface area contributed by atoms with E-state index in [1.54, 1.807) is 16.8 Å². The van der Waals surface area contributed by atoms with E-state index < -0.39 is 5.91 Å². The van der Waals surface area contributed by atoms with E-state index in [1.807, 2.05) is 6.92 Å². The predicted molar refractivity (Wildman–Crippen MR) is 93.8 cm³/mol. The molecule has 0 spiro atoms. The number of nitrogens with zero attached hydrogens (tertiary/aromatic N) is 1. The van der Waals surface area contributed by atoms with Crippen molar-refractivity contribution in [2.75, 3.05) is 19.5 Å². The Labute approximate surface area is 147 Å². The van der Waals surface area contributed by atoms with E-state index in [1.165, 1.54) is 26.4 Å². The molecule has 0 radical (unpaired) electrons. The van der Waals surface area contributed by atoms with Gasteiger partial charge in [-0.05, 0) is 35.0 Å². The third-order valence-corrected chi connectivity index (χ3v) is 3.91. The van der Waals surface area contributed by atoms with Crippen molar-refractivity contribution in [1.29, 1.82) is 0 Å². The van der Waals surface area contributed by atoms with Gasteiger partial charge in [0, 0.05) is 23.3 Å². The third kappa shape index (κ3) is 3.53. The summed E-state index contributed by atoms with van der Waals surface area (Å²) in [5.74, 6) is -0.315. The second-order valence-electron chi connectivity index (χ2n) is 4.90. The molecule has 0 saturated carbocycles. The van der Waals surface area contributed by atoms with Gasteiger partial charge in [0.1, 0.15) is 5.69 Å². The SMILES string of the molecule is CCn1cc(Br)cc1C(=O)Nc1cc(OC)c(OC)cc1C(N)=O. The van der Waals surface area contributed by atoms with E-state index in [0.717, 1.165) is 4.47 Å². The lowest BCUT2D eigenvalue weighted by atomic mass is 10.1. The average Bonchev–Trinajstić information content (AvgIpc) is 2.95. The fraction of sp³-hybridized carbons (Fsp3) is 0.250. The molecule has 0 bridgehead atoms. The lowest BCUT2D eigenvalue weighted by Crippen LogP contribution is -2.20. The molecule has 0 unspecified atom stereocenters. The van der Waals surface area contributed by atoms with Crippen molar-refractivity contribution in [2.45, 2.75) is 13.5 Å². The Morgan fingerprint density at radius 2 is 1.83 bits per heavy atom. The van der Waals surface area contributed by atoms with Crippen LogP contribution in [0.2, 0.25) is 0 Å². The Morgan fingerprint density at radius 3 is 2.38 bits per heavy atom. The number of rotatable bonds is 6. The molecule has 2 aromatic rings. The van der Waals surface area contributed by atoms with E-state index in [-0.39, 0.29) is 17.2 Å². The molecule has 3 N–H and O–H groups in total. The zero-order valence-electron chi connectivity index (χ0n) is 13.6. The van der Waals surface area contributed by atoms with Crippen molar-refractivity contribution < 1.29 is 19.1 Å². The fourth-order valence-corrected chi connectivity index (χ4v) is 2.76. The molecule has 24 heavy (non-hydrogen) atoms. The van der Waals surface area contributed by atoms with Crippen LogP contribution in [0.3, 0.4) is 0 Å². The van der Waals surface area contributed by atoms with Gasteiger partial charge in [-0.2, -0.15) is 0 Å². The van der Waals surface area contributed by atoms with Crippen LogP contribution in [0.4, 0.5) is 5.69 Å². The lowest BCUT2D eigenvalue weighted by Gasteiger charge is -2.14. The van der Waals surface area contributed by atoms with Gasteiger partial charge in [0.2, 0.25) is 0 Å². The molecule has 7 nitrogen and oxygen atoms in total. The molecule has 2 rings (SSSR count). The number of nitrogens with two attached hydrogens (primary N) is 1. The summed E-state index contributed by atoms with van der Waals surface area (Å²) in [5, 5.41) is 2.71. The number of hydrogen-bond acceptors (Lipinski definition) is 4. The predicted octanol–water partition coefficient (Wildman–Crippen LogP) is 2.64. The van der Waals surface area contributed by atoms with Gasteiger partial charge in [-0.15, -0.1) is 0 Å². The number of nitrogens with one attached hydrogen (secondary N) is 1. The number of hydrogen-bond donors (Lipinski definition) is 2. The maximum absolute atomic E-state index is 12.6. The maximum atomic E-state index is 12.6. The number of carbonyl (C=O) groups is 2. The number of benzene rings is 1. The maximum Gasteiger partial charge on any atom is 0.272 e. The molecular weight excluding hydrogens is 378 g/mol. The van der Waals surface area contributed by atoms with Gasteiger partial charge in [0.15, 0.2) is 11.5 Å². The van der Waals surface area contributed by atoms with Crippen LogP contribution in [0.5, 0.6) is 11.5 Å². The summed E-state index contributed by atoms with van der Waals surface area (Å²) < 4.78 is 12.9. The summed E-state index contributed by atoms with van der Waals surface area (Å²) in [6.07, 6.45) is 1.80. The molecule has 1 aromatic carbocycles. The molecule has 2 amide bonds. The molecule has 0 aliphatic rings. The molecule has 0 fully saturated rings. The van der Waals surface area contributed by atoms with Crippen LogP contribution < -0.4 is 20.5 Å². The van der Waals surface area contributed by atoms with Crippen LogP contribution in [-0.4, -0.2) is 30.6 Å². The number of anilines is 1. The second kappa shape index (κ2) is 7.39. The number of aryl methyl sites for hydroxylation is 1. The second-order valence-corrected chi connectivity index (χ2v) is 5.82. The topological polar surface area (TPSA) is 95.6 Å². The Kier molecular flexibility index (Phi) is 5.50. The number of methoxy groups -OCH3 is 2. The highest BCUT2D eigenvalue weighted by atomic mass is 79.9.